The van der Waals surface area contributed by atoms with E-state index in [-0.39, 0.29) is 30.4 Å². The fourth-order valence-corrected chi connectivity index (χ4v) is 7.66. The number of amides is 1. The van der Waals surface area contributed by atoms with Gasteiger partial charge < -0.3 is 14.4 Å². The summed E-state index contributed by atoms with van der Waals surface area (Å²) in [5.74, 6) is 1.27. The summed E-state index contributed by atoms with van der Waals surface area (Å²) < 4.78 is 40.4. The molecular formula is C23H32N2O5S. The van der Waals surface area contributed by atoms with Gasteiger partial charge in [-0.3, -0.25) is 4.79 Å². The van der Waals surface area contributed by atoms with E-state index >= 15 is 0 Å². The van der Waals surface area contributed by atoms with Crippen LogP contribution in [-0.4, -0.2) is 62.4 Å². The lowest BCUT2D eigenvalue weighted by molar-refractivity contribution is -0.144. The first kappa shape index (κ1) is 21.2. The van der Waals surface area contributed by atoms with Crippen molar-refractivity contribution in [3.8, 4) is 5.75 Å². The Morgan fingerprint density at radius 1 is 1.06 bits per heavy atom. The number of hydrogen-bond donors (Lipinski definition) is 1. The van der Waals surface area contributed by atoms with Crippen molar-refractivity contribution in [2.24, 2.45) is 0 Å². The zero-order valence-electron chi connectivity index (χ0n) is 17.9. The zero-order valence-corrected chi connectivity index (χ0v) is 18.7. The molecule has 1 N–H and O–H groups in total. The Morgan fingerprint density at radius 2 is 1.84 bits per heavy atom. The van der Waals surface area contributed by atoms with Crippen LogP contribution in [0.25, 0.3) is 0 Å². The highest BCUT2D eigenvalue weighted by Crippen LogP contribution is 2.40. The largest absolute Gasteiger partial charge is 0.483 e. The molecule has 4 aliphatic heterocycles. The molecule has 1 saturated carbocycles. The Labute approximate surface area is 184 Å². The van der Waals surface area contributed by atoms with Gasteiger partial charge in [0.1, 0.15) is 5.75 Å². The molecular weight excluding hydrogens is 416 g/mol. The van der Waals surface area contributed by atoms with Crippen LogP contribution >= 0.6 is 0 Å². The maximum atomic E-state index is 13.3. The molecule has 2 saturated heterocycles. The molecule has 3 fully saturated rings. The molecule has 1 aromatic carbocycles. The van der Waals surface area contributed by atoms with Gasteiger partial charge in [0.2, 0.25) is 10.0 Å². The van der Waals surface area contributed by atoms with Crippen LogP contribution in [0.2, 0.25) is 0 Å². The van der Waals surface area contributed by atoms with Crippen molar-refractivity contribution >= 4 is 15.9 Å². The van der Waals surface area contributed by atoms with Gasteiger partial charge in [0, 0.05) is 6.54 Å². The molecule has 4 heterocycles. The van der Waals surface area contributed by atoms with Crippen LogP contribution in [-0.2, 0) is 19.6 Å². The van der Waals surface area contributed by atoms with E-state index in [9.17, 15) is 13.2 Å². The fourth-order valence-electron chi connectivity index (χ4n) is 6.07. The van der Waals surface area contributed by atoms with Gasteiger partial charge in [0.05, 0.1) is 30.0 Å². The van der Waals surface area contributed by atoms with Crippen LogP contribution in [0, 0.1) is 0 Å². The first-order valence-electron chi connectivity index (χ1n) is 11.6. The van der Waals surface area contributed by atoms with Crippen LogP contribution < -0.4 is 9.46 Å². The molecule has 31 heavy (non-hydrogen) atoms. The van der Waals surface area contributed by atoms with E-state index in [1.165, 1.54) is 5.56 Å². The third kappa shape index (κ3) is 4.22. The molecule has 0 aromatic heterocycles. The Kier molecular flexibility index (Phi) is 5.73. The van der Waals surface area contributed by atoms with Gasteiger partial charge in [0.15, 0.2) is 6.61 Å². The molecule has 1 aromatic rings. The van der Waals surface area contributed by atoms with Gasteiger partial charge in [-0.15, -0.1) is 0 Å². The fraction of sp³-hybridized carbons (Fsp3) is 0.696. The van der Waals surface area contributed by atoms with Gasteiger partial charge in [-0.1, -0.05) is 18.2 Å². The number of piperidine rings is 1. The van der Waals surface area contributed by atoms with E-state index in [0.717, 1.165) is 50.7 Å². The molecule has 6 rings (SSSR count). The van der Waals surface area contributed by atoms with Gasteiger partial charge in [-0.05, 0) is 68.9 Å². The average Bonchev–Trinajstić information content (AvgIpc) is 2.77. The van der Waals surface area contributed by atoms with Crippen LogP contribution in [0.1, 0.15) is 62.8 Å². The lowest BCUT2D eigenvalue weighted by Gasteiger charge is -2.51. The zero-order chi connectivity index (χ0) is 21.5. The maximum absolute atomic E-state index is 13.3. The number of benzene rings is 1. The molecule has 0 unspecified atom stereocenters. The molecule has 1 spiro atoms. The number of sulfonamides is 1. The number of ether oxygens (including phenoxy) is 2. The second-order valence-corrected chi connectivity index (χ2v) is 11.4. The topological polar surface area (TPSA) is 84.9 Å². The van der Waals surface area contributed by atoms with Crippen molar-refractivity contribution in [3.63, 3.8) is 0 Å². The van der Waals surface area contributed by atoms with Crippen molar-refractivity contribution in [2.45, 2.75) is 75.0 Å². The summed E-state index contributed by atoms with van der Waals surface area (Å²) in [4.78, 5) is 15.1. The molecule has 2 bridgehead atoms. The minimum atomic E-state index is -3.34. The summed E-state index contributed by atoms with van der Waals surface area (Å²) >= 11 is 0. The summed E-state index contributed by atoms with van der Waals surface area (Å²) in [5.41, 5.74) is 0.542. The summed E-state index contributed by atoms with van der Waals surface area (Å²) in [6.07, 6.45) is 7.02. The van der Waals surface area contributed by atoms with Crippen molar-refractivity contribution in [1.29, 1.82) is 0 Å². The molecule has 1 aliphatic carbocycles. The number of nitrogens with one attached hydrogen (secondary N) is 1. The van der Waals surface area contributed by atoms with E-state index < -0.39 is 15.6 Å². The summed E-state index contributed by atoms with van der Waals surface area (Å²) in [6.45, 7) is 0.942. The number of fused-ring (bicyclic) bond motifs is 5. The van der Waals surface area contributed by atoms with Crippen LogP contribution in [0.15, 0.2) is 24.3 Å². The van der Waals surface area contributed by atoms with E-state index in [4.69, 9.17) is 9.47 Å². The van der Waals surface area contributed by atoms with Crippen molar-refractivity contribution in [2.75, 3.05) is 25.5 Å². The number of nitrogens with zero attached hydrogens (tertiary/aromatic N) is 1. The molecule has 2 atom stereocenters. The number of para-hydroxylation sites is 1. The van der Waals surface area contributed by atoms with Gasteiger partial charge in [-0.2, -0.15) is 0 Å². The highest BCUT2D eigenvalue weighted by atomic mass is 32.2. The maximum Gasteiger partial charge on any atom is 0.260 e. The Bertz CT molecular complexity index is 924. The Balaban J connectivity index is 1.47. The molecule has 8 heteroatoms. The van der Waals surface area contributed by atoms with E-state index in [1.807, 2.05) is 23.1 Å². The SMILES string of the molecule is O=C1COc2ccccc2C2CCC(CC2)OC[C@@H]2N1CCC[C@@]21CCCS(=O)(=O)N1. The molecule has 170 valence electrons. The van der Waals surface area contributed by atoms with Gasteiger partial charge in [0.25, 0.3) is 5.91 Å². The minimum absolute atomic E-state index is 0.0352. The molecule has 5 aliphatic rings. The second kappa shape index (κ2) is 8.37. The van der Waals surface area contributed by atoms with E-state index in [2.05, 4.69) is 10.8 Å². The monoisotopic (exact) mass is 448 g/mol. The Hall–Kier alpha value is -1.64. The lowest BCUT2D eigenvalue weighted by Crippen LogP contribution is -2.69. The number of rotatable bonds is 0. The predicted molar refractivity (Wildman–Crippen MR) is 117 cm³/mol. The third-order valence-corrected chi connectivity index (χ3v) is 9.17. The first-order valence-corrected chi connectivity index (χ1v) is 13.3. The summed E-state index contributed by atoms with van der Waals surface area (Å²) in [5, 5.41) is 0. The van der Waals surface area contributed by atoms with Crippen LogP contribution in [0.4, 0.5) is 0 Å². The summed E-state index contributed by atoms with van der Waals surface area (Å²) in [6, 6.07) is 7.74. The number of carbonyl (C=O) groups is 1. The third-order valence-electron chi connectivity index (χ3n) is 7.63. The Morgan fingerprint density at radius 3 is 2.65 bits per heavy atom. The number of hydrogen-bond acceptors (Lipinski definition) is 5. The molecule has 0 radical (unpaired) electrons. The normalized spacial score (nSPS) is 35.8. The van der Waals surface area contributed by atoms with E-state index in [1.54, 1.807) is 0 Å². The highest BCUT2D eigenvalue weighted by Gasteiger charge is 2.50. The first-order chi connectivity index (χ1) is 15.0. The average molecular weight is 449 g/mol. The molecule has 1 amide bonds. The van der Waals surface area contributed by atoms with E-state index in [0.29, 0.717) is 25.5 Å². The van der Waals surface area contributed by atoms with Gasteiger partial charge in [-0.25, -0.2) is 13.1 Å². The van der Waals surface area contributed by atoms with Crippen molar-refractivity contribution < 1.29 is 22.7 Å². The summed E-state index contributed by atoms with van der Waals surface area (Å²) in [7, 11) is -3.34. The standard InChI is InChI=1S/C23H32N2O5S/c26-22-16-30-20-6-2-1-5-19(20)17-7-9-18(10-8-17)29-15-21-23(11-3-13-25(21)22)12-4-14-31(27,28)24-23/h1-2,5-6,17-18,21,24H,3-4,7-16H2/t17?,18?,21-,23+/m0/s1. The smallest absolute Gasteiger partial charge is 0.260 e. The highest BCUT2D eigenvalue weighted by molar-refractivity contribution is 7.89. The van der Waals surface area contributed by atoms with Gasteiger partial charge >= 0.3 is 0 Å². The molecule has 7 nitrogen and oxygen atoms in total. The van der Waals surface area contributed by atoms with Crippen molar-refractivity contribution in [1.82, 2.24) is 9.62 Å². The predicted octanol–water partition coefficient (Wildman–Crippen LogP) is 2.56. The minimum Gasteiger partial charge on any atom is -0.483 e. The van der Waals surface area contributed by atoms with Crippen LogP contribution in [0.5, 0.6) is 5.75 Å². The quantitative estimate of drug-likeness (QED) is 0.659. The van der Waals surface area contributed by atoms with Crippen molar-refractivity contribution in [3.05, 3.63) is 29.8 Å². The number of carbonyl (C=O) groups excluding carboxylic acids is 1. The van der Waals surface area contributed by atoms with Crippen LogP contribution in [0.3, 0.4) is 0 Å². The lowest BCUT2D eigenvalue weighted by atomic mass is 9.78. The second-order valence-electron chi connectivity index (χ2n) is 9.52.